The summed E-state index contributed by atoms with van der Waals surface area (Å²) >= 11 is 1.61. The van der Waals surface area contributed by atoms with Crippen LogP contribution in [-0.4, -0.2) is 45.3 Å². The van der Waals surface area contributed by atoms with Gasteiger partial charge < -0.3 is 9.80 Å². The Morgan fingerprint density at radius 3 is 2.72 bits per heavy atom. The summed E-state index contributed by atoms with van der Waals surface area (Å²) in [5.41, 5.74) is 2.73. The molecule has 1 amide bonds. The number of nitro benzene ring substituents is 1. The number of benzene rings is 1. The summed E-state index contributed by atoms with van der Waals surface area (Å²) in [6.07, 6.45) is 4.08. The van der Waals surface area contributed by atoms with E-state index in [4.69, 9.17) is 0 Å². The zero-order valence-electron chi connectivity index (χ0n) is 16.7. The molecule has 2 aromatic heterocycles. The lowest BCUT2D eigenvalue weighted by Gasteiger charge is -2.20. The summed E-state index contributed by atoms with van der Waals surface area (Å²) in [7, 11) is 1.71. The standard InChI is InChI=1S/C20H23N5O3S/c1-13-11-24-18(14(2)21-20(24)29-13)12-22(3)19(26)15-6-7-16(17(10-15)25(27)28)23-8-4-5-9-23/h6-7,10-11H,4-5,8-9,12H2,1-3H3. The number of rotatable bonds is 5. The molecule has 29 heavy (non-hydrogen) atoms. The van der Waals surface area contributed by atoms with E-state index < -0.39 is 4.92 Å². The molecule has 9 heteroatoms. The van der Waals surface area contributed by atoms with Crippen LogP contribution < -0.4 is 4.90 Å². The quantitative estimate of drug-likeness (QED) is 0.469. The number of aromatic nitrogens is 2. The van der Waals surface area contributed by atoms with E-state index in [0.717, 1.165) is 47.2 Å². The average Bonchev–Trinajstić information content (AvgIpc) is 3.39. The number of nitro groups is 1. The van der Waals surface area contributed by atoms with Crippen molar-refractivity contribution in [3.8, 4) is 0 Å². The van der Waals surface area contributed by atoms with Crippen molar-refractivity contribution in [2.75, 3.05) is 25.0 Å². The lowest BCUT2D eigenvalue weighted by atomic mass is 10.1. The van der Waals surface area contributed by atoms with Crippen LogP contribution in [0.1, 0.15) is 39.5 Å². The molecule has 0 unspecified atom stereocenters. The van der Waals surface area contributed by atoms with Gasteiger partial charge in [0.1, 0.15) is 5.69 Å². The van der Waals surface area contributed by atoms with Crippen molar-refractivity contribution in [1.82, 2.24) is 14.3 Å². The molecule has 0 spiro atoms. The fourth-order valence-electron chi connectivity index (χ4n) is 3.84. The largest absolute Gasteiger partial charge is 0.366 e. The topological polar surface area (TPSA) is 84.0 Å². The Kier molecular flexibility index (Phi) is 4.99. The molecule has 152 valence electrons. The molecule has 0 bridgehead atoms. The molecule has 4 rings (SSSR count). The number of amides is 1. The second kappa shape index (κ2) is 7.47. The van der Waals surface area contributed by atoms with E-state index >= 15 is 0 Å². The van der Waals surface area contributed by atoms with E-state index in [-0.39, 0.29) is 11.6 Å². The number of hydrogen-bond acceptors (Lipinski definition) is 6. The first kappa shape index (κ1) is 19.4. The Labute approximate surface area is 172 Å². The molecule has 0 radical (unpaired) electrons. The number of hydrogen-bond donors (Lipinski definition) is 0. The van der Waals surface area contributed by atoms with Crippen molar-refractivity contribution in [3.05, 3.63) is 56.3 Å². The molecule has 1 aliphatic heterocycles. The van der Waals surface area contributed by atoms with Gasteiger partial charge in [-0.25, -0.2) is 4.98 Å². The van der Waals surface area contributed by atoms with Crippen molar-refractivity contribution in [3.63, 3.8) is 0 Å². The van der Waals surface area contributed by atoms with Gasteiger partial charge in [0.2, 0.25) is 0 Å². The second-order valence-electron chi connectivity index (χ2n) is 7.45. The summed E-state index contributed by atoms with van der Waals surface area (Å²) < 4.78 is 2.01. The zero-order chi connectivity index (χ0) is 20.7. The van der Waals surface area contributed by atoms with Crippen LogP contribution >= 0.6 is 11.3 Å². The lowest BCUT2D eigenvalue weighted by molar-refractivity contribution is -0.384. The molecule has 3 aromatic rings. The highest BCUT2D eigenvalue weighted by Crippen LogP contribution is 2.32. The Hall–Kier alpha value is -2.94. The minimum Gasteiger partial charge on any atom is -0.366 e. The van der Waals surface area contributed by atoms with Crippen LogP contribution in [0, 0.1) is 24.0 Å². The molecule has 0 N–H and O–H groups in total. The number of imidazole rings is 1. The SMILES string of the molecule is Cc1cn2c(CN(C)C(=O)c3ccc(N4CCCC4)c([N+](=O)[O-])c3)c(C)nc2s1. The highest BCUT2D eigenvalue weighted by atomic mass is 32.1. The zero-order valence-corrected chi connectivity index (χ0v) is 17.5. The molecular weight excluding hydrogens is 390 g/mol. The number of anilines is 1. The number of carbonyl (C=O) groups excluding carboxylic acids is 1. The Morgan fingerprint density at radius 2 is 2.03 bits per heavy atom. The van der Waals surface area contributed by atoms with Gasteiger partial charge >= 0.3 is 0 Å². The summed E-state index contributed by atoms with van der Waals surface area (Å²) in [4.78, 5) is 34.4. The van der Waals surface area contributed by atoms with Crippen LogP contribution in [0.3, 0.4) is 0 Å². The van der Waals surface area contributed by atoms with Crippen molar-refractivity contribution >= 4 is 33.6 Å². The maximum absolute atomic E-state index is 13.0. The number of carbonyl (C=O) groups is 1. The van der Waals surface area contributed by atoms with Crippen molar-refractivity contribution in [1.29, 1.82) is 0 Å². The third-order valence-electron chi connectivity index (χ3n) is 5.34. The van der Waals surface area contributed by atoms with Gasteiger partial charge in [-0.1, -0.05) is 0 Å². The molecule has 3 heterocycles. The fourth-order valence-corrected chi connectivity index (χ4v) is 4.73. The lowest BCUT2D eigenvalue weighted by Crippen LogP contribution is -2.27. The van der Waals surface area contributed by atoms with E-state index in [9.17, 15) is 14.9 Å². The fraction of sp³-hybridized carbons (Fsp3) is 0.400. The van der Waals surface area contributed by atoms with Gasteiger partial charge in [-0.15, -0.1) is 11.3 Å². The molecule has 0 atom stereocenters. The van der Waals surface area contributed by atoms with Crippen LogP contribution in [0.2, 0.25) is 0 Å². The van der Waals surface area contributed by atoms with Crippen molar-refractivity contribution < 1.29 is 9.72 Å². The molecule has 1 saturated heterocycles. The van der Waals surface area contributed by atoms with Crippen molar-refractivity contribution in [2.45, 2.75) is 33.2 Å². The Morgan fingerprint density at radius 1 is 1.31 bits per heavy atom. The normalized spacial score (nSPS) is 14.0. The van der Waals surface area contributed by atoms with Gasteiger partial charge in [0.15, 0.2) is 4.96 Å². The van der Waals surface area contributed by atoms with Gasteiger partial charge in [0.05, 0.1) is 22.9 Å². The van der Waals surface area contributed by atoms with Crippen molar-refractivity contribution in [2.24, 2.45) is 0 Å². The van der Waals surface area contributed by atoms with Crippen LogP contribution in [0.5, 0.6) is 0 Å². The first-order valence-corrected chi connectivity index (χ1v) is 10.4. The maximum Gasteiger partial charge on any atom is 0.293 e. The van der Waals surface area contributed by atoms with Crippen LogP contribution in [0.25, 0.3) is 4.96 Å². The average molecular weight is 414 g/mol. The van der Waals surface area contributed by atoms with Gasteiger partial charge in [-0.05, 0) is 38.8 Å². The molecule has 0 saturated carbocycles. The molecule has 1 fully saturated rings. The second-order valence-corrected chi connectivity index (χ2v) is 8.67. The predicted molar refractivity (Wildman–Crippen MR) is 113 cm³/mol. The summed E-state index contributed by atoms with van der Waals surface area (Å²) in [6, 6.07) is 4.79. The predicted octanol–water partition coefficient (Wildman–Crippen LogP) is 3.79. The number of aryl methyl sites for hydroxylation is 2. The highest BCUT2D eigenvalue weighted by Gasteiger charge is 2.25. The number of fused-ring (bicyclic) bond motifs is 1. The third-order valence-corrected chi connectivity index (χ3v) is 6.24. The Bertz CT molecular complexity index is 1100. The smallest absolute Gasteiger partial charge is 0.293 e. The summed E-state index contributed by atoms with van der Waals surface area (Å²) in [6.45, 7) is 5.95. The third kappa shape index (κ3) is 3.57. The molecule has 1 aromatic carbocycles. The first-order chi connectivity index (χ1) is 13.8. The summed E-state index contributed by atoms with van der Waals surface area (Å²) in [5, 5.41) is 11.6. The van der Waals surface area contributed by atoms with E-state index in [1.165, 1.54) is 6.07 Å². The van der Waals surface area contributed by atoms with E-state index in [2.05, 4.69) is 4.98 Å². The molecule has 0 aliphatic carbocycles. The minimum atomic E-state index is -0.400. The maximum atomic E-state index is 13.0. The first-order valence-electron chi connectivity index (χ1n) is 9.58. The van der Waals surface area contributed by atoms with Gasteiger partial charge in [-0.3, -0.25) is 19.3 Å². The van der Waals surface area contributed by atoms with Gasteiger partial charge in [0.25, 0.3) is 11.6 Å². The number of thiazole rings is 1. The summed E-state index contributed by atoms with van der Waals surface area (Å²) in [5.74, 6) is -0.248. The van der Waals surface area contributed by atoms with Crippen LogP contribution in [-0.2, 0) is 6.54 Å². The highest BCUT2D eigenvalue weighted by molar-refractivity contribution is 7.17. The van der Waals surface area contributed by atoms with Gasteiger partial charge in [0, 0.05) is 42.8 Å². The number of nitrogens with zero attached hydrogens (tertiary/aromatic N) is 5. The Balaban J connectivity index is 1.60. The van der Waals surface area contributed by atoms with E-state index in [1.807, 2.05) is 29.3 Å². The minimum absolute atomic E-state index is 0.0115. The van der Waals surface area contributed by atoms with E-state index in [0.29, 0.717) is 17.8 Å². The van der Waals surface area contributed by atoms with E-state index in [1.54, 1.807) is 35.4 Å². The monoisotopic (exact) mass is 413 g/mol. The van der Waals surface area contributed by atoms with Crippen LogP contribution in [0.15, 0.2) is 24.4 Å². The van der Waals surface area contributed by atoms with Gasteiger partial charge in [-0.2, -0.15) is 0 Å². The molecule has 8 nitrogen and oxygen atoms in total. The molecular formula is C20H23N5O3S. The van der Waals surface area contributed by atoms with Crippen LogP contribution in [0.4, 0.5) is 11.4 Å². The molecule has 1 aliphatic rings.